The van der Waals surface area contributed by atoms with E-state index in [2.05, 4.69) is 45.0 Å². The largest absolute Gasteiger partial charge is 0.404 e. The lowest BCUT2D eigenvalue weighted by Crippen LogP contribution is -2.46. The number of fused-ring (bicyclic) bond motifs is 1. The number of allylic oxidation sites excluding steroid dienone is 1. The van der Waals surface area contributed by atoms with Crippen LogP contribution in [-0.4, -0.2) is 65.5 Å². The van der Waals surface area contributed by atoms with E-state index in [0.717, 1.165) is 66.3 Å². The monoisotopic (exact) mass is 428 g/mol. The number of pyridine rings is 2. The Morgan fingerprint density at radius 1 is 1.25 bits per heavy atom. The molecule has 0 aliphatic carbocycles. The number of aromatic nitrogens is 3. The van der Waals surface area contributed by atoms with Crippen LogP contribution in [0, 0.1) is 11.3 Å². The molecule has 0 radical (unpaired) electrons. The summed E-state index contributed by atoms with van der Waals surface area (Å²) in [5.41, 5.74) is 10.5. The molecule has 1 saturated heterocycles. The van der Waals surface area contributed by atoms with E-state index >= 15 is 0 Å². The molecule has 4 heterocycles. The molecule has 0 bridgehead atoms. The number of nitrogens with two attached hydrogens (primary N) is 1. The summed E-state index contributed by atoms with van der Waals surface area (Å²) in [6.45, 7) is 7.46. The smallest absolute Gasteiger partial charge is 0.128 e. The fourth-order valence-electron chi connectivity index (χ4n) is 4.18. The molecule has 0 amide bonds. The number of anilines is 1. The predicted octanol–water partition coefficient (Wildman–Crippen LogP) is 2.80. The maximum atomic E-state index is 9.60. The van der Waals surface area contributed by atoms with Gasteiger partial charge in [-0.05, 0) is 31.2 Å². The van der Waals surface area contributed by atoms with E-state index in [1.165, 1.54) is 12.6 Å². The van der Waals surface area contributed by atoms with E-state index in [0.29, 0.717) is 5.56 Å². The van der Waals surface area contributed by atoms with E-state index < -0.39 is 0 Å². The maximum Gasteiger partial charge on any atom is 0.128 e. The van der Waals surface area contributed by atoms with Crippen LogP contribution in [0.1, 0.15) is 24.5 Å². The van der Waals surface area contributed by atoms with Crippen LogP contribution in [-0.2, 0) is 0 Å². The van der Waals surface area contributed by atoms with E-state index in [1.54, 1.807) is 24.0 Å². The van der Waals surface area contributed by atoms with Crippen molar-refractivity contribution in [2.24, 2.45) is 10.7 Å². The molecule has 0 atom stereocenters. The highest BCUT2D eigenvalue weighted by atomic mass is 15.3. The molecule has 8 heteroatoms. The lowest BCUT2D eigenvalue weighted by Gasteiger charge is -2.35. The van der Waals surface area contributed by atoms with Crippen molar-refractivity contribution in [2.75, 3.05) is 44.7 Å². The van der Waals surface area contributed by atoms with Crippen LogP contribution in [0.2, 0.25) is 0 Å². The molecule has 1 fully saturated rings. The minimum absolute atomic E-state index is 0.519. The molecular formula is C24H28N8. The summed E-state index contributed by atoms with van der Waals surface area (Å²) in [7, 11) is 1.70. The third-order valence-corrected chi connectivity index (χ3v) is 5.81. The van der Waals surface area contributed by atoms with E-state index in [4.69, 9.17) is 10.7 Å². The number of hydrogen-bond donors (Lipinski definition) is 1. The highest BCUT2D eigenvalue weighted by Crippen LogP contribution is 2.30. The first kappa shape index (κ1) is 21.5. The fourth-order valence-corrected chi connectivity index (χ4v) is 4.18. The van der Waals surface area contributed by atoms with Crippen molar-refractivity contribution in [3.63, 3.8) is 0 Å². The van der Waals surface area contributed by atoms with Gasteiger partial charge in [0.05, 0.1) is 17.3 Å². The summed E-state index contributed by atoms with van der Waals surface area (Å²) in [4.78, 5) is 13.7. The molecule has 8 nitrogen and oxygen atoms in total. The van der Waals surface area contributed by atoms with Crippen molar-refractivity contribution >= 4 is 23.1 Å². The fraction of sp³-hybridized carbons (Fsp3) is 0.333. The van der Waals surface area contributed by atoms with Gasteiger partial charge in [0.25, 0.3) is 0 Å². The van der Waals surface area contributed by atoms with Gasteiger partial charge in [0.15, 0.2) is 0 Å². The minimum Gasteiger partial charge on any atom is -0.404 e. The predicted molar refractivity (Wildman–Crippen MR) is 129 cm³/mol. The second-order valence-electron chi connectivity index (χ2n) is 7.85. The highest BCUT2D eigenvalue weighted by Gasteiger charge is 2.18. The van der Waals surface area contributed by atoms with Gasteiger partial charge in [0.1, 0.15) is 11.9 Å². The molecule has 0 saturated carbocycles. The molecule has 2 N–H and O–H groups in total. The van der Waals surface area contributed by atoms with Crippen LogP contribution in [0.3, 0.4) is 0 Å². The van der Waals surface area contributed by atoms with Gasteiger partial charge >= 0.3 is 0 Å². The van der Waals surface area contributed by atoms with Gasteiger partial charge in [-0.1, -0.05) is 6.92 Å². The van der Waals surface area contributed by atoms with Gasteiger partial charge in [-0.3, -0.25) is 9.89 Å². The summed E-state index contributed by atoms with van der Waals surface area (Å²) in [6, 6.07) is 8.38. The van der Waals surface area contributed by atoms with E-state index in [9.17, 15) is 5.26 Å². The number of hydrogen-bond acceptors (Lipinski definition) is 7. The zero-order chi connectivity index (χ0) is 22.5. The normalized spacial score (nSPS) is 15.5. The summed E-state index contributed by atoms with van der Waals surface area (Å²) >= 11 is 0. The van der Waals surface area contributed by atoms with Gasteiger partial charge in [0, 0.05) is 80.3 Å². The van der Waals surface area contributed by atoms with Crippen LogP contribution < -0.4 is 10.6 Å². The summed E-state index contributed by atoms with van der Waals surface area (Å²) in [6.07, 6.45) is 9.73. The van der Waals surface area contributed by atoms with Crippen molar-refractivity contribution in [3.8, 4) is 17.2 Å². The Morgan fingerprint density at radius 2 is 2.06 bits per heavy atom. The van der Waals surface area contributed by atoms with Crippen molar-refractivity contribution < 1.29 is 0 Å². The molecular weight excluding hydrogens is 400 g/mol. The van der Waals surface area contributed by atoms with Gasteiger partial charge in [-0.25, -0.2) is 9.50 Å². The first-order valence-corrected chi connectivity index (χ1v) is 10.9. The molecule has 3 aromatic heterocycles. The minimum atomic E-state index is 0.519. The van der Waals surface area contributed by atoms with Crippen LogP contribution in [0.15, 0.2) is 48.0 Å². The second-order valence-corrected chi connectivity index (χ2v) is 7.85. The first-order valence-electron chi connectivity index (χ1n) is 10.9. The van der Waals surface area contributed by atoms with Gasteiger partial charge < -0.3 is 10.6 Å². The number of piperazine rings is 1. The number of nitrogens with zero attached hydrogens (tertiary/aromatic N) is 7. The van der Waals surface area contributed by atoms with Gasteiger partial charge in [-0.2, -0.15) is 10.4 Å². The Balaban J connectivity index is 1.70. The van der Waals surface area contributed by atoms with Gasteiger partial charge in [0.2, 0.25) is 0 Å². The Labute approximate surface area is 188 Å². The summed E-state index contributed by atoms with van der Waals surface area (Å²) < 4.78 is 1.72. The molecule has 0 spiro atoms. The Hall–Kier alpha value is -3.70. The number of nitriles is 1. The van der Waals surface area contributed by atoms with Crippen molar-refractivity contribution in [1.29, 1.82) is 5.26 Å². The molecule has 32 heavy (non-hydrogen) atoms. The molecule has 4 rings (SSSR count). The first-order chi connectivity index (χ1) is 15.7. The van der Waals surface area contributed by atoms with E-state index in [-0.39, 0.29) is 0 Å². The van der Waals surface area contributed by atoms with Crippen LogP contribution in [0.4, 0.5) is 5.82 Å². The molecule has 164 valence electrons. The van der Waals surface area contributed by atoms with Crippen molar-refractivity contribution in [3.05, 3.63) is 54.1 Å². The standard InChI is InChI=1S/C24H28N8/c1-3-6-30-7-9-31(10-8-30)23-5-4-18(15-28-23)22-11-19(20(12-25)14-27-2)17-32-24(22)21(13-26)16-29-32/h4-5,11-12,14-17H,3,6-10,25H2,1-2H3. The lowest BCUT2D eigenvalue weighted by atomic mass is 10.0. The average molecular weight is 429 g/mol. The van der Waals surface area contributed by atoms with E-state index in [1.807, 2.05) is 18.5 Å². The van der Waals surface area contributed by atoms with Crippen LogP contribution in [0.25, 0.3) is 22.2 Å². The quantitative estimate of drug-likeness (QED) is 0.606. The third-order valence-electron chi connectivity index (χ3n) is 5.81. The van der Waals surface area contributed by atoms with Crippen LogP contribution >= 0.6 is 0 Å². The molecule has 1 aliphatic rings. The van der Waals surface area contributed by atoms with Crippen LogP contribution in [0.5, 0.6) is 0 Å². The number of rotatable bonds is 6. The Bertz CT molecular complexity index is 1180. The van der Waals surface area contributed by atoms with Crippen molar-refractivity contribution in [2.45, 2.75) is 13.3 Å². The molecule has 3 aromatic rings. The molecule has 1 aliphatic heterocycles. The number of aliphatic imine (C=N–C) groups is 1. The third kappa shape index (κ3) is 4.20. The maximum absolute atomic E-state index is 9.60. The van der Waals surface area contributed by atoms with Gasteiger partial charge in [-0.15, -0.1) is 0 Å². The topological polar surface area (TPSA) is 98.8 Å². The second kappa shape index (κ2) is 9.62. The summed E-state index contributed by atoms with van der Waals surface area (Å²) in [5.74, 6) is 0.978. The highest BCUT2D eigenvalue weighted by molar-refractivity contribution is 6.10. The summed E-state index contributed by atoms with van der Waals surface area (Å²) in [5, 5.41) is 14.0. The average Bonchev–Trinajstić information content (AvgIpc) is 3.26. The van der Waals surface area contributed by atoms with Crippen molar-refractivity contribution in [1.82, 2.24) is 19.5 Å². The SMILES string of the molecule is CCCN1CCN(c2ccc(-c3cc(C(C=NC)=CN)cn4ncc(C#N)c34)cn2)CC1. The Morgan fingerprint density at radius 3 is 2.69 bits per heavy atom. The zero-order valence-electron chi connectivity index (χ0n) is 18.6. The molecule has 0 aromatic carbocycles. The molecule has 0 unspecified atom stereocenters. The lowest BCUT2D eigenvalue weighted by molar-refractivity contribution is 0.258. The Kier molecular flexibility index (Phi) is 6.47. The zero-order valence-corrected chi connectivity index (χ0v) is 18.6.